The minimum atomic E-state index is -1.17. The van der Waals surface area contributed by atoms with E-state index in [9.17, 15) is 9.90 Å². The molecular weight excluding hydrogens is 298 g/mol. The third kappa shape index (κ3) is 2.91. The van der Waals surface area contributed by atoms with Gasteiger partial charge in [-0.3, -0.25) is 5.73 Å². The highest BCUT2D eigenvalue weighted by molar-refractivity contribution is 7.21. The first kappa shape index (κ1) is 14.1. The van der Waals surface area contributed by atoms with Crippen molar-refractivity contribution in [2.75, 3.05) is 5.73 Å². The largest absolute Gasteiger partial charge is 0.543 e. The number of anilines is 1. The van der Waals surface area contributed by atoms with Gasteiger partial charge < -0.3 is 14.9 Å². The topological polar surface area (TPSA) is 96.1 Å². The number of hydrogen-bond acceptors (Lipinski definition) is 4. The fraction of sp³-hybridized carbons (Fsp3) is 0. The maximum atomic E-state index is 10.4. The maximum Gasteiger partial charge on any atom is 0.330 e. The van der Waals surface area contributed by atoms with Gasteiger partial charge in [0.15, 0.2) is 0 Å². The average molecular weight is 311 g/mol. The van der Waals surface area contributed by atoms with Gasteiger partial charge in [-0.25, -0.2) is 4.98 Å². The number of aromatic amines is 2. The number of para-hydroxylation sites is 2. The van der Waals surface area contributed by atoms with Crippen molar-refractivity contribution >= 4 is 43.6 Å². The summed E-state index contributed by atoms with van der Waals surface area (Å²) in [5.74, 6) is -1.17. The summed E-state index contributed by atoms with van der Waals surface area (Å²) in [6.07, 6.45) is 0. The Balaban J connectivity index is 0.000000133. The summed E-state index contributed by atoms with van der Waals surface area (Å²) in [5, 5.41) is 12.1. The second-order valence-electron chi connectivity index (χ2n) is 4.65. The number of nitrogens with two attached hydrogens (primary N) is 1. The van der Waals surface area contributed by atoms with E-state index in [0.29, 0.717) is 0 Å². The van der Waals surface area contributed by atoms with Crippen molar-refractivity contribution in [2.24, 2.45) is 0 Å². The van der Waals surface area contributed by atoms with Crippen molar-refractivity contribution < 1.29 is 14.9 Å². The predicted molar refractivity (Wildman–Crippen MR) is 85.4 cm³/mol. The highest BCUT2D eigenvalue weighted by atomic mass is 32.1. The van der Waals surface area contributed by atoms with Crippen molar-refractivity contribution in [3.05, 3.63) is 60.3 Å². The summed E-state index contributed by atoms with van der Waals surface area (Å²) < 4.78 is 1.21. The van der Waals surface area contributed by atoms with Crippen LogP contribution in [0.1, 0.15) is 10.5 Å². The second-order valence-corrected chi connectivity index (χ2v) is 5.73. The van der Waals surface area contributed by atoms with E-state index in [1.807, 2.05) is 48.5 Å². The number of thiazole rings is 1. The first-order chi connectivity index (χ1) is 10.6. The van der Waals surface area contributed by atoms with Crippen LogP contribution in [0.25, 0.3) is 21.1 Å². The molecule has 0 fully saturated rings. The molecule has 4 rings (SSSR count). The molecule has 0 saturated heterocycles. The number of benzene rings is 2. The number of aromatic nitrogens is 2. The zero-order valence-corrected chi connectivity index (χ0v) is 12.3. The maximum absolute atomic E-state index is 10.4. The van der Waals surface area contributed by atoms with E-state index in [4.69, 9.17) is 5.73 Å². The Morgan fingerprint density at radius 2 is 1.86 bits per heavy atom. The van der Waals surface area contributed by atoms with Crippen LogP contribution in [0.15, 0.2) is 54.6 Å². The molecule has 0 aliphatic carbocycles. The lowest BCUT2D eigenvalue weighted by Crippen LogP contribution is -2.22. The number of carboxylic acids is 1. The molecule has 2 aromatic heterocycles. The molecule has 0 unspecified atom stereocenters. The van der Waals surface area contributed by atoms with Crippen molar-refractivity contribution in [3.8, 4) is 0 Å². The molecule has 2 aromatic carbocycles. The number of nitrogens with one attached hydrogen (secondary N) is 2. The van der Waals surface area contributed by atoms with Crippen molar-refractivity contribution in [1.82, 2.24) is 4.98 Å². The van der Waals surface area contributed by atoms with Gasteiger partial charge in [-0.1, -0.05) is 30.3 Å². The quantitative estimate of drug-likeness (QED) is 0.561. The van der Waals surface area contributed by atoms with Crippen LogP contribution in [-0.2, 0) is 0 Å². The molecule has 6 heteroatoms. The van der Waals surface area contributed by atoms with Crippen LogP contribution >= 0.6 is 11.3 Å². The summed E-state index contributed by atoms with van der Waals surface area (Å²) in [6, 6.07) is 17.0. The van der Waals surface area contributed by atoms with E-state index in [2.05, 4.69) is 9.97 Å². The van der Waals surface area contributed by atoms with E-state index in [0.717, 1.165) is 21.6 Å². The van der Waals surface area contributed by atoms with Gasteiger partial charge in [0.2, 0.25) is 0 Å². The molecular formula is C16H13N3O2S. The molecule has 0 atom stereocenters. The summed E-state index contributed by atoms with van der Waals surface area (Å²) in [7, 11) is 0. The first-order valence-corrected chi connectivity index (χ1v) is 7.40. The molecule has 110 valence electrons. The first-order valence-electron chi connectivity index (χ1n) is 6.59. The molecule has 0 amide bonds. The molecule has 22 heavy (non-hydrogen) atoms. The van der Waals surface area contributed by atoms with Crippen LogP contribution in [0.3, 0.4) is 0 Å². The van der Waals surface area contributed by atoms with Crippen molar-refractivity contribution in [2.45, 2.75) is 0 Å². The van der Waals surface area contributed by atoms with E-state index in [-0.39, 0.29) is 5.69 Å². The molecule has 0 spiro atoms. The van der Waals surface area contributed by atoms with E-state index >= 15 is 0 Å². The van der Waals surface area contributed by atoms with E-state index in [1.165, 1.54) is 4.70 Å². The SMILES string of the molecule is Nc1[nH+]c2ccccc2s1.O=C([O-])c1cc2ccccc2[nH]1. The molecule has 4 aromatic rings. The summed E-state index contributed by atoms with van der Waals surface area (Å²) in [5.41, 5.74) is 7.61. The number of nitrogen functional groups attached to an aromatic ring is 1. The molecule has 5 nitrogen and oxygen atoms in total. The van der Waals surface area contributed by atoms with Gasteiger partial charge >= 0.3 is 5.13 Å². The van der Waals surface area contributed by atoms with Crippen LogP contribution in [-0.4, -0.2) is 11.0 Å². The van der Waals surface area contributed by atoms with E-state index in [1.54, 1.807) is 17.4 Å². The standard InChI is InChI=1S/C9H7NO2.C7H6N2S/c11-9(12)8-5-6-3-1-2-4-7(6)10-8;8-7-9-5-3-1-2-4-6(5)10-7/h1-5,10H,(H,11,12);1-4H,(H2,8,9). The Hall–Kier alpha value is -2.86. The lowest BCUT2D eigenvalue weighted by Gasteiger charge is -1.93. The third-order valence-corrected chi connectivity index (χ3v) is 4.01. The fourth-order valence-electron chi connectivity index (χ4n) is 2.12. The fourth-order valence-corrected chi connectivity index (χ4v) is 2.89. The lowest BCUT2D eigenvalue weighted by atomic mass is 10.2. The number of aromatic carboxylic acids is 1. The number of H-pyrrole nitrogens is 2. The van der Waals surface area contributed by atoms with Crippen molar-refractivity contribution in [1.29, 1.82) is 0 Å². The summed E-state index contributed by atoms with van der Waals surface area (Å²) in [4.78, 5) is 16.2. The molecule has 0 radical (unpaired) electrons. The monoisotopic (exact) mass is 311 g/mol. The Kier molecular flexibility index (Phi) is 3.76. The predicted octanol–water partition coefficient (Wildman–Crippen LogP) is 1.83. The number of rotatable bonds is 1. The van der Waals surface area contributed by atoms with Crippen LogP contribution in [0.4, 0.5) is 5.13 Å². The Bertz CT molecular complexity index is 877. The lowest BCUT2D eigenvalue weighted by molar-refractivity contribution is -0.320. The van der Waals surface area contributed by atoms with Gasteiger partial charge in [0.25, 0.3) is 0 Å². The highest BCUT2D eigenvalue weighted by Crippen LogP contribution is 2.18. The number of hydrogen-bond donors (Lipinski definition) is 2. The van der Waals surface area contributed by atoms with Gasteiger partial charge in [0.05, 0.1) is 16.4 Å². The Morgan fingerprint density at radius 3 is 2.59 bits per heavy atom. The minimum absolute atomic E-state index is 0.121. The Morgan fingerprint density at radius 1 is 1.14 bits per heavy atom. The molecule has 0 aliphatic heterocycles. The second kappa shape index (κ2) is 5.87. The van der Waals surface area contributed by atoms with Gasteiger partial charge in [0.1, 0.15) is 5.52 Å². The number of fused-ring (bicyclic) bond motifs is 2. The summed E-state index contributed by atoms with van der Waals surface area (Å²) >= 11 is 1.57. The zero-order valence-electron chi connectivity index (χ0n) is 11.5. The average Bonchev–Trinajstić information content (AvgIpc) is 3.09. The number of carbonyl (C=O) groups is 1. The Labute approximate surface area is 130 Å². The smallest absolute Gasteiger partial charge is 0.330 e. The van der Waals surface area contributed by atoms with Gasteiger partial charge in [-0.05, 0) is 35.6 Å². The molecule has 0 bridgehead atoms. The van der Waals surface area contributed by atoms with Gasteiger partial charge in [0, 0.05) is 10.9 Å². The number of carboxylic acid groups (broad SMARTS) is 1. The normalized spacial score (nSPS) is 10.4. The van der Waals surface area contributed by atoms with Crippen LogP contribution in [0.5, 0.6) is 0 Å². The van der Waals surface area contributed by atoms with Crippen molar-refractivity contribution in [3.63, 3.8) is 0 Å². The van der Waals surface area contributed by atoms with Crippen LogP contribution < -0.4 is 15.8 Å². The highest BCUT2D eigenvalue weighted by Gasteiger charge is 2.01. The molecule has 0 saturated carbocycles. The van der Waals surface area contributed by atoms with Crippen LogP contribution in [0, 0.1) is 0 Å². The third-order valence-electron chi connectivity index (χ3n) is 3.11. The van der Waals surface area contributed by atoms with E-state index < -0.39 is 5.97 Å². The summed E-state index contributed by atoms with van der Waals surface area (Å²) in [6.45, 7) is 0. The molecule has 4 N–H and O–H groups in total. The zero-order chi connectivity index (χ0) is 15.5. The minimum Gasteiger partial charge on any atom is -0.543 e. The molecule has 2 heterocycles. The number of carbonyl (C=O) groups excluding carboxylic acids is 1. The van der Waals surface area contributed by atoms with Crippen LogP contribution in [0.2, 0.25) is 0 Å². The van der Waals surface area contributed by atoms with Gasteiger partial charge in [-0.2, -0.15) is 0 Å². The van der Waals surface area contributed by atoms with Gasteiger partial charge in [-0.15, -0.1) is 0 Å². The molecule has 0 aliphatic rings.